The number of ether oxygens (including phenoxy) is 1. The number of hydrogen-bond acceptors (Lipinski definition) is 4. The summed E-state index contributed by atoms with van der Waals surface area (Å²) in [7, 11) is 1.62. The van der Waals surface area contributed by atoms with Gasteiger partial charge in [0.2, 0.25) is 0 Å². The normalized spacial score (nSPS) is 10.6. The largest absolute Gasteiger partial charge is 0.497 e. The quantitative estimate of drug-likeness (QED) is 0.499. The molecule has 0 unspecified atom stereocenters. The van der Waals surface area contributed by atoms with Crippen molar-refractivity contribution in [1.82, 2.24) is 20.1 Å². The number of carbonyl (C=O) groups excluding carboxylic acids is 1. The molecule has 4 aromatic rings. The Morgan fingerprint density at radius 3 is 2.50 bits per heavy atom. The van der Waals surface area contributed by atoms with E-state index in [-0.39, 0.29) is 5.91 Å². The number of rotatable bonds is 6. The van der Waals surface area contributed by atoms with Gasteiger partial charge in [-0.05, 0) is 66.7 Å². The number of amides is 1. The van der Waals surface area contributed by atoms with Crippen molar-refractivity contribution in [2.24, 2.45) is 0 Å². The molecule has 7 heteroatoms. The lowest BCUT2D eigenvalue weighted by molar-refractivity contribution is 0.0942. The maximum atomic E-state index is 13.0. The molecule has 2 heterocycles. The fraction of sp³-hybridized carbons (Fsp3) is 0.0870. The summed E-state index contributed by atoms with van der Waals surface area (Å²) in [5.74, 6) is 0.507. The van der Waals surface area contributed by atoms with Crippen molar-refractivity contribution in [3.63, 3.8) is 0 Å². The minimum atomic E-state index is -0.247. The van der Waals surface area contributed by atoms with Gasteiger partial charge in [-0.25, -0.2) is 4.68 Å². The molecule has 2 aromatic carbocycles. The van der Waals surface area contributed by atoms with Crippen molar-refractivity contribution in [2.45, 2.75) is 6.54 Å². The molecule has 30 heavy (non-hydrogen) atoms. The van der Waals surface area contributed by atoms with Gasteiger partial charge in [-0.3, -0.25) is 9.78 Å². The van der Waals surface area contributed by atoms with Crippen LogP contribution in [0.3, 0.4) is 0 Å². The summed E-state index contributed by atoms with van der Waals surface area (Å²) in [5, 5.41) is 8.19. The zero-order chi connectivity index (χ0) is 20.9. The van der Waals surface area contributed by atoms with E-state index in [2.05, 4.69) is 15.4 Å². The molecule has 2 aromatic heterocycles. The first-order valence-corrected chi connectivity index (χ1v) is 9.70. The number of pyridine rings is 1. The van der Waals surface area contributed by atoms with Crippen molar-refractivity contribution in [3.8, 4) is 22.7 Å². The second-order valence-electron chi connectivity index (χ2n) is 6.54. The van der Waals surface area contributed by atoms with Crippen molar-refractivity contribution < 1.29 is 9.53 Å². The predicted molar refractivity (Wildman–Crippen MR) is 116 cm³/mol. The van der Waals surface area contributed by atoms with E-state index in [0.717, 1.165) is 22.7 Å². The highest BCUT2D eigenvalue weighted by molar-refractivity contribution is 6.30. The van der Waals surface area contributed by atoms with E-state index < -0.39 is 0 Å². The van der Waals surface area contributed by atoms with Gasteiger partial charge in [-0.15, -0.1) is 0 Å². The molecule has 0 saturated heterocycles. The number of nitrogens with one attached hydrogen (secondary N) is 1. The van der Waals surface area contributed by atoms with E-state index in [4.69, 9.17) is 16.3 Å². The molecular weight excluding hydrogens is 400 g/mol. The minimum Gasteiger partial charge on any atom is -0.497 e. The van der Waals surface area contributed by atoms with E-state index in [1.165, 1.54) is 0 Å². The topological polar surface area (TPSA) is 69.0 Å². The van der Waals surface area contributed by atoms with Crippen LogP contribution >= 0.6 is 11.6 Å². The third-order valence-corrected chi connectivity index (χ3v) is 4.81. The lowest BCUT2D eigenvalue weighted by Crippen LogP contribution is -2.25. The molecule has 0 atom stereocenters. The molecule has 0 spiro atoms. The molecule has 1 amide bonds. The Hall–Kier alpha value is -3.64. The molecule has 0 aliphatic heterocycles. The standard InChI is InChI=1S/C23H19ClN4O2/c1-30-20-11-5-16(6-12-20)21-14-22(23(29)26-15-18-4-2-3-13-25-18)28(27-21)19-9-7-17(24)8-10-19/h2-14H,15H2,1H3,(H,26,29). The van der Waals surface area contributed by atoms with Crippen LogP contribution in [-0.4, -0.2) is 27.8 Å². The van der Waals surface area contributed by atoms with Crippen LogP contribution < -0.4 is 10.1 Å². The molecule has 1 N–H and O–H groups in total. The average Bonchev–Trinajstić information content (AvgIpc) is 3.24. The summed E-state index contributed by atoms with van der Waals surface area (Å²) in [5.41, 5.74) is 3.48. The summed E-state index contributed by atoms with van der Waals surface area (Å²) in [6.07, 6.45) is 1.70. The first kappa shape index (κ1) is 19.7. The summed E-state index contributed by atoms with van der Waals surface area (Å²) < 4.78 is 6.83. The highest BCUT2D eigenvalue weighted by Gasteiger charge is 2.18. The van der Waals surface area contributed by atoms with Crippen LogP contribution in [0.5, 0.6) is 5.75 Å². The third kappa shape index (κ3) is 4.34. The average molecular weight is 419 g/mol. The van der Waals surface area contributed by atoms with Crippen molar-refractivity contribution >= 4 is 17.5 Å². The van der Waals surface area contributed by atoms with Crippen LogP contribution in [0.2, 0.25) is 5.02 Å². The first-order chi connectivity index (χ1) is 14.6. The monoisotopic (exact) mass is 418 g/mol. The van der Waals surface area contributed by atoms with Gasteiger partial charge in [0.05, 0.1) is 30.7 Å². The molecule has 150 valence electrons. The molecule has 6 nitrogen and oxygen atoms in total. The molecule has 0 aliphatic rings. The number of nitrogens with zero attached hydrogens (tertiary/aromatic N) is 3. The van der Waals surface area contributed by atoms with Crippen molar-refractivity contribution in [3.05, 3.63) is 95.4 Å². The predicted octanol–water partition coefficient (Wildman–Crippen LogP) is 4.53. The Morgan fingerprint density at radius 1 is 1.07 bits per heavy atom. The molecule has 0 aliphatic carbocycles. The smallest absolute Gasteiger partial charge is 0.270 e. The zero-order valence-corrected chi connectivity index (χ0v) is 17.0. The maximum Gasteiger partial charge on any atom is 0.270 e. The molecule has 4 rings (SSSR count). The number of carbonyl (C=O) groups is 1. The molecule has 0 bridgehead atoms. The molecule has 0 saturated carbocycles. The van der Waals surface area contributed by atoms with Gasteiger partial charge >= 0.3 is 0 Å². The van der Waals surface area contributed by atoms with Gasteiger partial charge in [0.15, 0.2) is 0 Å². The van der Waals surface area contributed by atoms with Gasteiger partial charge in [0, 0.05) is 16.8 Å². The fourth-order valence-corrected chi connectivity index (χ4v) is 3.11. The van der Waals surface area contributed by atoms with Gasteiger partial charge in [0.1, 0.15) is 11.4 Å². The van der Waals surface area contributed by atoms with Crippen molar-refractivity contribution in [2.75, 3.05) is 7.11 Å². The molecule has 0 radical (unpaired) electrons. The van der Waals surface area contributed by atoms with Crippen LogP contribution in [0, 0.1) is 0 Å². The SMILES string of the molecule is COc1ccc(-c2cc(C(=O)NCc3ccccn3)n(-c3ccc(Cl)cc3)n2)cc1. The lowest BCUT2D eigenvalue weighted by Gasteiger charge is -2.08. The van der Waals surface area contributed by atoms with Crippen LogP contribution in [0.15, 0.2) is 79.0 Å². The Labute approximate surface area is 179 Å². The maximum absolute atomic E-state index is 13.0. The lowest BCUT2D eigenvalue weighted by atomic mass is 10.1. The Kier molecular flexibility index (Phi) is 5.77. The summed E-state index contributed by atoms with van der Waals surface area (Å²) in [6.45, 7) is 0.323. The number of hydrogen-bond donors (Lipinski definition) is 1. The van der Waals surface area contributed by atoms with Crippen LogP contribution in [-0.2, 0) is 6.54 Å². The highest BCUT2D eigenvalue weighted by atomic mass is 35.5. The summed E-state index contributed by atoms with van der Waals surface area (Å²) in [4.78, 5) is 17.2. The second kappa shape index (κ2) is 8.80. The van der Waals surface area contributed by atoms with E-state index in [0.29, 0.717) is 23.0 Å². The highest BCUT2D eigenvalue weighted by Crippen LogP contribution is 2.24. The third-order valence-electron chi connectivity index (χ3n) is 4.56. The first-order valence-electron chi connectivity index (χ1n) is 9.32. The number of benzene rings is 2. The van der Waals surface area contributed by atoms with Gasteiger partial charge in [-0.1, -0.05) is 17.7 Å². The van der Waals surface area contributed by atoms with Gasteiger partial charge < -0.3 is 10.1 Å². The fourth-order valence-electron chi connectivity index (χ4n) is 2.99. The van der Waals surface area contributed by atoms with E-state index in [1.54, 1.807) is 36.2 Å². The summed E-state index contributed by atoms with van der Waals surface area (Å²) in [6, 6.07) is 22.1. The van der Waals surface area contributed by atoms with E-state index in [9.17, 15) is 4.79 Å². The Balaban J connectivity index is 1.68. The second-order valence-corrected chi connectivity index (χ2v) is 6.97. The number of methoxy groups -OCH3 is 1. The van der Waals surface area contributed by atoms with Crippen LogP contribution in [0.1, 0.15) is 16.2 Å². The van der Waals surface area contributed by atoms with Crippen molar-refractivity contribution in [1.29, 1.82) is 0 Å². The van der Waals surface area contributed by atoms with Crippen LogP contribution in [0.25, 0.3) is 16.9 Å². The molecule has 0 fully saturated rings. The number of aromatic nitrogens is 3. The van der Waals surface area contributed by atoms with Crippen LogP contribution in [0.4, 0.5) is 0 Å². The zero-order valence-electron chi connectivity index (χ0n) is 16.2. The van der Waals surface area contributed by atoms with E-state index >= 15 is 0 Å². The van der Waals surface area contributed by atoms with Gasteiger partial charge in [-0.2, -0.15) is 5.10 Å². The minimum absolute atomic E-state index is 0.247. The molecular formula is C23H19ClN4O2. The Bertz CT molecular complexity index is 1140. The Morgan fingerprint density at radius 2 is 1.83 bits per heavy atom. The number of halogens is 1. The van der Waals surface area contributed by atoms with Gasteiger partial charge in [0.25, 0.3) is 5.91 Å². The summed E-state index contributed by atoms with van der Waals surface area (Å²) >= 11 is 6.02. The van der Waals surface area contributed by atoms with E-state index in [1.807, 2.05) is 54.6 Å².